The number of nitrogens with two attached hydrogens (primary N) is 1. The zero-order valence-electron chi connectivity index (χ0n) is 9.83. The summed E-state index contributed by atoms with van der Waals surface area (Å²) in [6.45, 7) is 0.242. The predicted octanol–water partition coefficient (Wildman–Crippen LogP) is 1.56. The van der Waals surface area contributed by atoms with Gasteiger partial charge in [0.2, 0.25) is 12.7 Å². The fraction of sp³-hybridized carbons (Fsp3) is 0.167. The van der Waals surface area contributed by atoms with Crippen LogP contribution >= 0.6 is 0 Å². The first-order chi connectivity index (χ1) is 8.75. The van der Waals surface area contributed by atoms with Crippen molar-refractivity contribution in [2.75, 3.05) is 24.5 Å². The van der Waals surface area contributed by atoms with Gasteiger partial charge < -0.3 is 20.1 Å². The number of benzene rings is 1. The van der Waals surface area contributed by atoms with Crippen LogP contribution in [0.25, 0.3) is 0 Å². The number of rotatable bonds is 2. The van der Waals surface area contributed by atoms with E-state index in [-0.39, 0.29) is 12.7 Å². The lowest BCUT2D eigenvalue weighted by molar-refractivity contribution is 0.174. The molecule has 3 rings (SSSR count). The molecule has 2 heterocycles. The minimum Gasteiger partial charge on any atom is -0.454 e. The van der Waals surface area contributed by atoms with Crippen molar-refractivity contribution in [3.8, 4) is 11.5 Å². The molecular weight excluding hydrogens is 232 g/mol. The Labute approximate surface area is 104 Å². The number of anilines is 3. The molecule has 0 fully saturated rings. The number of nitrogens with zero attached hydrogens (tertiary/aromatic N) is 3. The summed E-state index contributed by atoms with van der Waals surface area (Å²) in [5, 5.41) is 0. The van der Waals surface area contributed by atoms with Crippen molar-refractivity contribution in [3.63, 3.8) is 0 Å². The second-order valence-corrected chi connectivity index (χ2v) is 3.84. The Morgan fingerprint density at radius 2 is 2.17 bits per heavy atom. The zero-order valence-corrected chi connectivity index (χ0v) is 9.83. The lowest BCUT2D eigenvalue weighted by Crippen LogP contribution is -2.13. The van der Waals surface area contributed by atoms with Gasteiger partial charge in [-0.05, 0) is 18.2 Å². The lowest BCUT2D eigenvalue weighted by atomic mass is 10.2. The Morgan fingerprint density at radius 3 is 3.00 bits per heavy atom. The summed E-state index contributed by atoms with van der Waals surface area (Å²) in [5.74, 6) is 2.40. The van der Waals surface area contributed by atoms with Gasteiger partial charge in [0.15, 0.2) is 11.5 Å². The lowest BCUT2D eigenvalue weighted by Gasteiger charge is -2.19. The number of fused-ring (bicyclic) bond motifs is 1. The first-order valence-corrected chi connectivity index (χ1v) is 5.46. The minimum atomic E-state index is 0.240. The number of para-hydroxylation sites is 1. The molecule has 18 heavy (non-hydrogen) atoms. The van der Waals surface area contributed by atoms with Crippen LogP contribution in [-0.4, -0.2) is 23.8 Å². The summed E-state index contributed by atoms with van der Waals surface area (Å²) in [7, 11) is 1.89. The molecule has 1 aromatic heterocycles. The molecule has 0 saturated heterocycles. The van der Waals surface area contributed by atoms with E-state index in [1.54, 1.807) is 12.3 Å². The number of ether oxygens (including phenoxy) is 2. The first-order valence-electron chi connectivity index (χ1n) is 5.46. The quantitative estimate of drug-likeness (QED) is 0.864. The van der Waals surface area contributed by atoms with Crippen LogP contribution in [0, 0.1) is 0 Å². The molecule has 0 atom stereocenters. The number of aromatic nitrogens is 2. The molecule has 0 amide bonds. The highest BCUT2D eigenvalue weighted by atomic mass is 16.7. The highest BCUT2D eigenvalue weighted by Gasteiger charge is 2.20. The minimum absolute atomic E-state index is 0.240. The van der Waals surface area contributed by atoms with Crippen molar-refractivity contribution in [1.82, 2.24) is 9.97 Å². The van der Waals surface area contributed by atoms with Gasteiger partial charge in [0, 0.05) is 13.2 Å². The monoisotopic (exact) mass is 244 g/mol. The molecule has 0 spiro atoms. The van der Waals surface area contributed by atoms with Crippen LogP contribution in [0.1, 0.15) is 0 Å². The van der Waals surface area contributed by atoms with Crippen molar-refractivity contribution in [2.45, 2.75) is 0 Å². The third-order valence-corrected chi connectivity index (χ3v) is 2.74. The zero-order chi connectivity index (χ0) is 12.5. The van der Waals surface area contributed by atoms with E-state index < -0.39 is 0 Å². The van der Waals surface area contributed by atoms with Crippen molar-refractivity contribution >= 4 is 17.5 Å². The molecular formula is C12H12N4O2. The molecule has 6 heteroatoms. The van der Waals surface area contributed by atoms with E-state index >= 15 is 0 Å². The van der Waals surface area contributed by atoms with Gasteiger partial charge in [-0.2, -0.15) is 4.98 Å². The average molecular weight is 244 g/mol. The number of hydrogen-bond donors (Lipinski definition) is 1. The van der Waals surface area contributed by atoms with Gasteiger partial charge in [-0.1, -0.05) is 6.07 Å². The maximum Gasteiger partial charge on any atom is 0.231 e. The second-order valence-electron chi connectivity index (χ2n) is 3.84. The largest absolute Gasteiger partial charge is 0.454 e. The van der Waals surface area contributed by atoms with E-state index in [1.165, 1.54) is 0 Å². The normalized spacial score (nSPS) is 12.5. The molecule has 6 nitrogen and oxygen atoms in total. The Kier molecular flexibility index (Phi) is 2.40. The van der Waals surface area contributed by atoms with Crippen molar-refractivity contribution < 1.29 is 9.47 Å². The predicted molar refractivity (Wildman–Crippen MR) is 67.1 cm³/mol. The average Bonchev–Trinajstić information content (AvgIpc) is 2.86. The maximum absolute atomic E-state index is 5.58. The second kappa shape index (κ2) is 4.06. The molecule has 0 unspecified atom stereocenters. The Balaban J connectivity index is 2.03. The van der Waals surface area contributed by atoms with Crippen LogP contribution in [0.5, 0.6) is 11.5 Å². The van der Waals surface area contributed by atoms with E-state index in [4.69, 9.17) is 15.2 Å². The summed E-state index contributed by atoms with van der Waals surface area (Å²) in [6.07, 6.45) is 1.62. The summed E-state index contributed by atoms with van der Waals surface area (Å²) < 4.78 is 10.8. The van der Waals surface area contributed by atoms with Crippen molar-refractivity contribution in [1.29, 1.82) is 0 Å². The molecule has 1 aliphatic heterocycles. The van der Waals surface area contributed by atoms with E-state index in [0.29, 0.717) is 5.82 Å². The number of hydrogen-bond acceptors (Lipinski definition) is 6. The fourth-order valence-corrected chi connectivity index (χ4v) is 1.85. The molecule has 0 aliphatic carbocycles. The van der Waals surface area contributed by atoms with Crippen LogP contribution in [0.2, 0.25) is 0 Å². The van der Waals surface area contributed by atoms with Crippen molar-refractivity contribution in [2.24, 2.45) is 0 Å². The van der Waals surface area contributed by atoms with Crippen LogP contribution in [-0.2, 0) is 0 Å². The van der Waals surface area contributed by atoms with E-state index in [2.05, 4.69) is 9.97 Å². The van der Waals surface area contributed by atoms with Gasteiger partial charge in [0.05, 0.1) is 5.69 Å². The fourth-order valence-electron chi connectivity index (χ4n) is 1.85. The SMILES string of the molecule is CN(c1ccnc(N)n1)c1cccc2c1OCO2. The van der Waals surface area contributed by atoms with Crippen LogP contribution in [0.4, 0.5) is 17.5 Å². The molecule has 0 saturated carbocycles. The van der Waals surface area contributed by atoms with Gasteiger partial charge in [0.25, 0.3) is 0 Å². The molecule has 2 aromatic rings. The summed E-state index contributed by atoms with van der Waals surface area (Å²) >= 11 is 0. The molecule has 2 N–H and O–H groups in total. The standard InChI is InChI=1S/C12H12N4O2/c1-16(10-5-6-14-12(13)15-10)8-3-2-4-9-11(8)18-7-17-9/h2-6H,7H2,1H3,(H2,13,14,15). The van der Waals surface area contributed by atoms with Crippen molar-refractivity contribution in [3.05, 3.63) is 30.5 Å². The molecule has 1 aliphatic rings. The Bertz CT molecular complexity index is 588. The third-order valence-electron chi connectivity index (χ3n) is 2.74. The Hall–Kier alpha value is -2.50. The molecule has 1 aromatic carbocycles. The highest BCUT2D eigenvalue weighted by Crippen LogP contribution is 2.42. The van der Waals surface area contributed by atoms with Gasteiger partial charge in [0.1, 0.15) is 5.82 Å². The summed E-state index contributed by atoms with van der Waals surface area (Å²) in [5.41, 5.74) is 6.46. The molecule has 0 bridgehead atoms. The summed E-state index contributed by atoms with van der Waals surface area (Å²) in [4.78, 5) is 9.92. The van der Waals surface area contributed by atoms with E-state index in [9.17, 15) is 0 Å². The number of nitrogen functional groups attached to an aromatic ring is 1. The molecule has 0 radical (unpaired) electrons. The third kappa shape index (κ3) is 1.67. The van der Waals surface area contributed by atoms with Gasteiger partial charge in [-0.15, -0.1) is 0 Å². The highest BCUT2D eigenvalue weighted by molar-refractivity contribution is 5.71. The van der Waals surface area contributed by atoms with Crippen LogP contribution in [0.15, 0.2) is 30.5 Å². The van der Waals surface area contributed by atoms with E-state index in [1.807, 2.05) is 30.1 Å². The van der Waals surface area contributed by atoms with Gasteiger partial charge in [-0.3, -0.25) is 0 Å². The maximum atomic E-state index is 5.58. The van der Waals surface area contributed by atoms with Crippen LogP contribution in [0.3, 0.4) is 0 Å². The molecule has 92 valence electrons. The first kappa shape index (κ1) is 10.6. The topological polar surface area (TPSA) is 73.5 Å². The smallest absolute Gasteiger partial charge is 0.231 e. The Morgan fingerprint density at radius 1 is 1.28 bits per heavy atom. The van der Waals surface area contributed by atoms with Gasteiger partial charge >= 0.3 is 0 Å². The van der Waals surface area contributed by atoms with E-state index in [0.717, 1.165) is 17.2 Å². The summed E-state index contributed by atoms with van der Waals surface area (Å²) in [6, 6.07) is 7.50. The van der Waals surface area contributed by atoms with Gasteiger partial charge in [-0.25, -0.2) is 4.98 Å². The van der Waals surface area contributed by atoms with Crippen LogP contribution < -0.4 is 20.1 Å².